The van der Waals surface area contributed by atoms with Gasteiger partial charge >= 0.3 is 0 Å². The molecule has 0 atom stereocenters. The summed E-state index contributed by atoms with van der Waals surface area (Å²) >= 11 is 0. The Morgan fingerprint density at radius 2 is 1.38 bits per heavy atom. The van der Waals surface area contributed by atoms with E-state index < -0.39 is 0 Å². The van der Waals surface area contributed by atoms with Crippen LogP contribution in [0.5, 0.6) is 0 Å². The quantitative estimate of drug-likeness (QED) is 0.631. The third-order valence-electron chi connectivity index (χ3n) is 3.74. The molecule has 0 aliphatic rings. The van der Waals surface area contributed by atoms with E-state index in [9.17, 15) is 14.4 Å². The Hall–Kier alpha value is -3.21. The van der Waals surface area contributed by atoms with Gasteiger partial charge in [0.25, 0.3) is 5.91 Å². The van der Waals surface area contributed by atoms with Crippen LogP contribution in [-0.2, 0) is 9.59 Å². The van der Waals surface area contributed by atoms with Gasteiger partial charge in [-0.1, -0.05) is 6.07 Å². The number of hydrogen-bond acceptors (Lipinski definition) is 3. The first-order chi connectivity index (χ1) is 12.2. The van der Waals surface area contributed by atoms with Crippen molar-refractivity contribution < 1.29 is 14.4 Å². The Morgan fingerprint density at radius 1 is 0.808 bits per heavy atom. The third-order valence-corrected chi connectivity index (χ3v) is 3.74. The molecule has 0 heterocycles. The first-order valence-corrected chi connectivity index (χ1v) is 8.24. The van der Waals surface area contributed by atoms with Gasteiger partial charge in [-0.25, -0.2) is 0 Å². The van der Waals surface area contributed by atoms with Crippen molar-refractivity contribution in [3.8, 4) is 0 Å². The fourth-order valence-electron chi connectivity index (χ4n) is 2.51. The highest BCUT2D eigenvalue weighted by atomic mass is 16.2. The lowest BCUT2D eigenvalue weighted by atomic mass is 10.1. The smallest absolute Gasteiger partial charge is 0.251 e. The lowest BCUT2D eigenvalue weighted by molar-refractivity contribution is -0.114. The first-order valence-electron chi connectivity index (χ1n) is 8.24. The number of rotatable bonds is 5. The minimum Gasteiger partial charge on any atom is -0.322 e. The van der Waals surface area contributed by atoms with E-state index in [2.05, 4.69) is 10.6 Å². The summed E-state index contributed by atoms with van der Waals surface area (Å²) in [5.41, 5.74) is 4.20. The van der Waals surface area contributed by atoms with E-state index in [0.29, 0.717) is 16.9 Å². The van der Waals surface area contributed by atoms with Gasteiger partial charge in [0.15, 0.2) is 5.78 Å². The number of aryl methyl sites for hydroxylation is 2. The second-order valence-corrected chi connectivity index (χ2v) is 6.28. The van der Waals surface area contributed by atoms with Crippen LogP contribution >= 0.6 is 0 Å². The molecule has 0 saturated carbocycles. The van der Waals surface area contributed by atoms with Crippen molar-refractivity contribution in [2.24, 2.45) is 0 Å². The number of ketones is 1. The number of carbonyl (C=O) groups is 3. The summed E-state index contributed by atoms with van der Waals surface area (Å²) in [4.78, 5) is 35.6. The second kappa shape index (κ2) is 8.25. The van der Waals surface area contributed by atoms with E-state index in [4.69, 9.17) is 0 Å². The van der Waals surface area contributed by atoms with Crippen molar-refractivity contribution in [1.82, 2.24) is 0 Å². The predicted octanol–water partition coefficient (Wildman–Crippen LogP) is 4.03. The normalized spacial score (nSPS) is 11.0. The molecule has 0 radical (unpaired) electrons. The Kier molecular flexibility index (Phi) is 6.07. The van der Waals surface area contributed by atoms with Crippen LogP contribution in [0.25, 0.3) is 0 Å². The van der Waals surface area contributed by atoms with Crippen molar-refractivity contribution in [3.63, 3.8) is 0 Å². The van der Waals surface area contributed by atoms with Gasteiger partial charge in [0.2, 0.25) is 5.91 Å². The van der Waals surface area contributed by atoms with E-state index >= 15 is 0 Å². The van der Waals surface area contributed by atoms with Crippen LogP contribution in [-0.4, -0.2) is 17.6 Å². The van der Waals surface area contributed by atoms with E-state index in [1.165, 1.54) is 13.0 Å². The maximum Gasteiger partial charge on any atom is 0.251 e. The van der Waals surface area contributed by atoms with Crippen molar-refractivity contribution in [1.29, 1.82) is 0 Å². The lowest BCUT2D eigenvalue weighted by Gasteiger charge is -2.08. The van der Waals surface area contributed by atoms with Crippen molar-refractivity contribution in [2.45, 2.75) is 27.7 Å². The molecule has 2 aromatic carbocycles. The molecular weight excluding hydrogens is 328 g/mol. The van der Waals surface area contributed by atoms with E-state index in [-0.39, 0.29) is 23.2 Å². The van der Waals surface area contributed by atoms with Gasteiger partial charge in [-0.2, -0.15) is 0 Å². The largest absolute Gasteiger partial charge is 0.322 e. The number of benzene rings is 2. The molecule has 0 aliphatic carbocycles. The van der Waals surface area contributed by atoms with Crippen LogP contribution in [0.1, 0.15) is 35.3 Å². The number of amides is 2. The highest BCUT2D eigenvalue weighted by Gasteiger charge is 2.08. The molecule has 26 heavy (non-hydrogen) atoms. The molecule has 0 saturated heterocycles. The summed E-state index contributed by atoms with van der Waals surface area (Å²) in [6.07, 6.45) is 1.26. The first kappa shape index (κ1) is 19.1. The number of carbonyl (C=O) groups excluding carboxylic acids is 3. The summed E-state index contributed by atoms with van der Waals surface area (Å²) in [6.45, 7) is 6.96. The Bertz CT molecular complexity index is 860. The number of hydrogen-bond donors (Lipinski definition) is 2. The molecule has 2 rings (SSSR count). The fourth-order valence-corrected chi connectivity index (χ4v) is 2.51. The minimum absolute atomic E-state index is 0.0398. The predicted molar refractivity (Wildman–Crippen MR) is 103 cm³/mol. The van der Waals surface area contributed by atoms with Gasteiger partial charge in [-0.3, -0.25) is 14.4 Å². The molecule has 5 heteroatoms. The zero-order valence-corrected chi connectivity index (χ0v) is 15.3. The molecule has 134 valence electrons. The topological polar surface area (TPSA) is 75.3 Å². The Balaban J connectivity index is 2.01. The van der Waals surface area contributed by atoms with Gasteiger partial charge in [0.1, 0.15) is 0 Å². The van der Waals surface area contributed by atoms with E-state index in [1.807, 2.05) is 32.0 Å². The molecule has 2 amide bonds. The number of anilines is 2. The zero-order chi connectivity index (χ0) is 19.3. The molecule has 0 aliphatic heterocycles. The van der Waals surface area contributed by atoms with Crippen LogP contribution < -0.4 is 10.6 Å². The standard InChI is InChI=1S/C21H22N2O3/c1-13-9-14(2)11-19(10-13)22-20(25)12-15(3)21(26)23-18-7-5-17(6-8-18)16(4)24/h5-12H,1-4H3,(H,22,25)(H,23,26)/b15-12-. The van der Waals surface area contributed by atoms with Gasteiger partial charge in [-0.05, 0) is 75.2 Å². The maximum atomic E-state index is 12.2. The summed E-state index contributed by atoms with van der Waals surface area (Å²) < 4.78 is 0. The fraction of sp³-hybridized carbons (Fsp3) is 0.190. The van der Waals surface area contributed by atoms with Crippen LogP contribution in [0.2, 0.25) is 0 Å². The zero-order valence-electron chi connectivity index (χ0n) is 15.3. The average molecular weight is 350 g/mol. The highest BCUT2D eigenvalue weighted by Crippen LogP contribution is 2.14. The summed E-state index contributed by atoms with van der Waals surface area (Å²) in [6, 6.07) is 12.3. The molecule has 0 fully saturated rings. The van der Waals surface area contributed by atoms with Crippen LogP contribution in [0, 0.1) is 13.8 Å². The van der Waals surface area contributed by atoms with E-state index in [1.54, 1.807) is 31.2 Å². The SMILES string of the molecule is CC(=O)c1ccc(NC(=O)/C(C)=C\C(=O)Nc2cc(C)cc(C)c2)cc1. The van der Waals surface area contributed by atoms with Crippen LogP contribution in [0.3, 0.4) is 0 Å². The maximum absolute atomic E-state index is 12.2. The molecule has 0 unspecified atom stereocenters. The molecule has 0 bridgehead atoms. The number of nitrogens with one attached hydrogen (secondary N) is 2. The highest BCUT2D eigenvalue weighted by molar-refractivity contribution is 6.10. The molecule has 5 nitrogen and oxygen atoms in total. The molecule has 2 N–H and O–H groups in total. The second-order valence-electron chi connectivity index (χ2n) is 6.28. The molecule has 0 aromatic heterocycles. The minimum atomic E-state index is -0.379. The Labute approximate surface area is 153 Å². The van der Waals surface area contributed by atoms with Gasteiger partial charge in [-0.15, -0.1) is 0 Å². The van der Waals surface area contributed by atoms with Crippen molar-refractivity contribution in [3.05, 3.63) is 70.8 Å². The summed E-state index contributed by atoms with van der Waals surface area (Å²) in [5.74, 6) is -0.785. The Morgan fingerprint density at radius 3 is 1.92 bits per heavy atom. The van der Waals surface area contributed by atoms with Crippen LogP contribution in [0.15, 0.2) is 54.1 Å². The summed E-state index contributed by atoms with van der Waals surface area (Å²) in [5, 5.41) is 5.46. The van der Waals surface area contributed by atoms with Gasteiger partial charge in [0, 0.05) is 28.6 Å². The molecule has 0 spiro atoms. The monoisotopic (exact) mass is 350 g/mol. The van der Waals surface area contributed by atoms with Gasteiger partial charge in [0.05, 0.1) is 0 Å². The third kappa shape index (κ3) is 5.41. The molecule has 2 aromatic rings. The van der Waals surface area contributed by atoms with E-state index in [0.717, 1.165) is 11.1 Å². The van der Waals surface area contributed by atoms with Crippen LogP contribution in [0.4, 0.5) is 11.4 Å². The van der Waals surface area contributed by atoms with Crippen molar-refractivity contribution >= 4 is 29.0 Å². The number of Topliss-reactive ketones (excluding diaryl/α,β-unsaturated/α-hetero) is 1. The van der Waals surface area contributed by atoms with Gasteiger partial charge < -0.3 is 10.6 Å². The molecular formula is C21H22N2O3. The summed E-state index contributed by atoms with van der Waals surface area (Å²) in [7, 11) is 0. The van der Waals surface area contributed by atoms with Crippen molar-refractivity contribution in [2.75, 3.05) is 10.6 Å². The average Bonchev–Trinajstić information content (AvgIpc) is 2.54. The lowest BCUT2D eigenvalue weighted by Crippen LogP contribution is -2.16.